The van der Waals surface area contributed by atoms with E-state index in [9.17, 15) is 13.6 Å². The van der Waals surface area contributed by atoms with Gasteiger partial charge in [0.2, 0.25) is 0 Å². The number of halogens is 3. The monoisotopic (exact) mass is 450 g/mol. The number of hydrogen-bond acceptors (Lipinski definition) is 4. The first-order valence-electron chi connectivity index (χ1n) is 9.28. The van der Waals surface area contributed by atoms with Crippen LogP contribution in [0.2, 0.25) is 0 Å². The van der Waals surface area contributed by atoms with Crippen LogP contribution in [-0.2, 0) is 18.3 Å². The van der Waals surface area contributed by atoms with E-state index in [0.29, 0.717) is 16.3 Å². The lowest BCUT2D eigenvalue weighted by atomic mass is 9.93. The van der Waals surface area contributed by atoms with Crippen LogP contribution in [0.5, 0.6) is 0 Å². The standard InChI is InChI=1S/C21H21ClF2N4OS/c1-11-10-26-28(2)20(11)15-8-19(30)16(7-17(15)22)21(29)27-14(9-25)6-12-5-13(23)3-4-18(12)24/h3-5,7,10,14H,6,8-9,25H2,1-2H3,(H,27,29)/t14-/m0/s1. The van der Waals surface area contributed by atoms with Crippen molar-refractivity contribution < 1.29 is 13.6 Å². The highest BCUT2D eigenvalue weighted by Crippen LogP contribution is 2.33. The summed E-state index contributed by atoms with van der Waals surface area (Å²) in [5, 5.41) is 7.37. The number of nitrogens with zero attached hydrogens (tertiary/aromatic N) is 2. The maximum atomic E-state index is 13.9. The summed E-state index contributed by atoms with van der Waals surface area (Å²) in [6.07, 6.45) is 3.63. The Morgan fingerprint density at radius 1 is 1.43 bits per heavy atom. The Labute approximate surface area is 183 Å². The van der Waals surface area contributed by atoms with Gasteiger partial charge in [-0.15, -0.1) is 0 Å². The molecule has 2 aromatic rings. The van der Waals surface area contributed by atoms with Crippen LogP contribution in [0.1, 0.15) is 23.2 Å². The molecule has 1 aromatic carbocycles. The predicted octanol–water partition coefficient (Wildman–Crippen LogP) is 3.34. The molecule has 1 heterocycles. The fourth-order valence-electron chi connectivity index (χ4n) is 3.43. The number of nitrogens with one attached hydrogen (secondary N) is 1. The van der Waals surface area contributed by atoms with Crippen LogP contribution in [0.25, 0.3) is 5.57 Å². The lowest BCUT2D eigenvalue weighted by molar-refractivity contribution is -0.117. The molecule has 0 bridgehead atoms. The van der Waals surface area contributed by atoms with E-state index in [-0.39, 0.29) is 24.1 Å². The molecule has 0 radical (unpaired) electrons. The van der Waals surface area contributed by atoms with E-state index in [1.54, 1.807) is 10.9 Å². The second-order valence-electron chi connectivity index (χ2n) is 7.13. The van der Waals surface area contributed by atoms with Gasteiger partial charge >= 0.3 is 0 Å². The van der Waals surface area contributed by atoms with E-state index in [0.717, 1.165) is 35.0 Å². The first-order chi connectivity index (χ1) is 14.2. The molecule has 1 aromatic heterocycles. The second-order valence-corrected chi connectivity index (χ2v) is 8.03. The second kappa shape index (κ2) is 9.16. The van der Waals surface area contributed by atoms with Gasteiger partial charge in [0.1, 0.15) is 11.6 Å². The molecule has 1 aliphatic rings. The molecule has 1 atom stereocenters. The number of thiocarbonyl (C=S) groups is 1. The van der Waals surface area contributed by atoms with Gasteiger partial charge in [-0.3, -0.25) is 9.48 Å². The zero-order valence-corrected chi connectivity index (χ0v) is 18.1. The molecule has 30 heavy (non-hydrogen) atoms. The molecule has 0 saturated heterocycles. The highest BCUT2D eigenvalue weighted by Gasteiger charge is 2.26. The van der Waals surface area contributed by atoms with Crippen LogP contribution in [0.3, 0.4) is 0 Å². The fourth-order valence-corrected chi connectivity index (χ4v) is 3.99. The average Bonchev–Trinajstić information content (AvgIpc) is 3.03. The van der Waals surface area contributed by atoms with Crippen molar-refractivity contribution in [1.29, 1.82) is 0 Å². The number of nitrogens with two attached hydrogens (primary N) is 1. The summed E-state index contributed by atoms with van der Waals surface area (Å²) < 4.78 is 29.1. The van der Waals surface area contributed by atoms with Gasteiger partial charge in [0.25, 0.3) is 5.91 Å². The van der Waals surface area contributed by atoms with E-state index < -0.39 is 23.6 Å². The first kappa shape index (κ1) is 22.3. The molecule has 0 aliphatic heterocycles. The quantitative estimate of drug-likeness (QED) is 0.662. The van der Waals surface area contributed by atoms with Crippen molar-refractivity contribution in [3.63, 3.8) is 0 Å². The van der Waals surface area contributed by atoms with Crippen molar-refractivity contribution in [3.05, 3.63) is 69.5 Å². The van der Waals surface area contributed by atoms with Gasteiger partial charge in [-0.05, 0) is 48.7 Å². The Bertz CT molecular complexity index is 1060. The van der Waals surface area contributed by atoms with Gasteiger partial charge in [-0.25, -0.2) is 8.78 Å². The molecule has 1 aliphatic carbocycles. The number of benzene rings is 1. The van der Waals surface area contributed by atoms with Crippen LogP contribution in [0, 0.1) is 18.6 Å². The van der Waals surface area contributed by atoms with Crippen LogP contribution in [0.15, 0.2) is 41.1 Å². The highest BCUT2D eigenvalue weighted by molar-refractivity contribution is 7.81. The number of aromatic nitrogens is 2. The predicted molar refractivity (Wildman–Crippen MR) is 117 cm³/mol. The zero-order valence-electron chi connectivity index (χ0n) is 16.5. The molecular weight excluding hydrogens is 430 g/mol. The number of aryl methyl sites for hydroxylation is 2. The van der Waals surface area contributed by atoms with Crippen molar-refractivity contribution in [3.8, 4) is 0 Å². The number of hydrogen-bond donors (Lipinski definition) is 2. The molecular formula is C21H21ClF2N4OS. The maximum Gasteiger partial charge on any atom is 0.252 e. The molecule has 3 N–H and O–H groups in total. The number of allylic oxidation sites excluding steroid dienone is 3. The van der Waals surface area contributed by atoms with Crippen LogP contribution in [-0.4, -0.2) is 33.1 Å². The lowest BCUT2D eigenvalue weighted by Gasteiger charge is -2.22. The van der Waals surface area contributed by atoms with E-state index in [4.69, 9.17) is 29.6 Å². The first-order valence-corrected chi connectivity index (χ1v) is 10.1. The smallest absolute Gasteiger partial charge is 0.252 e. The molecule has 0 fully saturated rings. The van der Waals surface area contributed by atoms with Gasteiger partial charge in [-0.1, -0.05) is 23.8 Å². The number of amides is 1. The van der Waals surface area contributed by atoms with Crippen molar-refractivity contribution in [1.82, 2.24) is 15.1 Å². The molecule has 158 valence electrons. The molecule has 5 nitrogen and oxygen atoms in total. The van der Waals surface area contributed by atoms with Crippen molar-refractivity contribution in [2.24, 2.45) is 12.8 Å². The van der Waals surface area contributed by atoms with Crippen LogP contribution < -0.4 is 11.1 Å². The minimum atomic E-state index is -0.596. The number of carbonyl (C=O) groups is 1. The SMILES string of the molecule is Cc1cnn(C)c1C1=C(Cl)C=C(C(=O)N[C@H](CN)Cc2cc(F)ccc2F)C(=S)C1. The van der Waals surface area contributed by atoms with Gasteiger partial charge in [-0.2, -0.15) is 5.10 Å². The third-order valence-corrected chi connectivity index (χ3v) is 5.64. The van der Waals surface area contributed by atoms with Gasteiger partial charge in [0.05, 0.1) is 17.5 Å². The molecule has 1 amide bonds. The Morgan fingerprint density at radius 2 is 2.17 bits per heavy atom. The number of carbonyl (C=O) groups excluding carboxylic acids is 1. The molecule has 0 unspecified atom stereocenters. The van der Waals surface area contributed by atoms with Crippen molar-refractivity contribution >= 4 is 40.2 Å². The topological polar surface area (TPSA) is 72.9 Å². The molecule has 3 rings (SSSR count). The highest BCUT2D eigenvalue weighted by atomic mass is 35.5. The van der Waals surface area contributed by atoms with E-state index in [1.165, 1.54) is 6.08 Å². The largest absolute Gasteiger partial charge is 0.348 e. The fraction of sp³-hybridized carbons (Fsp3) is 0.286. The zero-order chi connectivity index (χ0) is 22.0. The summed E-state index contributed by atoms with van der Waals surface area (Å²) >= 11 is 11.9. The summed E-state index contributed by atoms with van der Waals surface area (Å²) in [7, 11) is 1.81. The summed E-state index contributed by atoms with van der Waals surface area (Å²) in [4.78, 5) is 13.2. The molecule has 9 heteroatoms. The number of rotatable bonds is 6. The van der Waals surface area contributed by atoms with Gasteiger partial charge in [0.15, 0.2) is 0 Å². The normalized spacial score (nSPS) is 15.3. The molecule has 0 spiro atoms. The summed E-state index contributed by atoms with van der Waals surface area (Å²) in [6, 6.07) is 2.58. The Kier molecular flexibility index (Phi) is 6.80. The van der Waals surface area contributed by atoms with Crippen molar-refractivity contribution in [2.75, 3.05) is 6.54 Å². The summed E-state index contributed by atoms with van der Waals surface area (Å²) in [6.45, 7) is 1.97. The maximum absolute atomic E-state index is 13.9. The van der Waals surface area contributed by atoms with E-state index >= 15 is 0 Å². The average molecular weight is 451 g/mol. The summed E-state index contributed by atoms with van der Waals surface area (Å²) in [5.41, 5.74) is 8.75. The van der Waals surface area contributed by atoms with E-state index in [1.807, 2.05) is 14.0 Å². The third kappa shape index (κ3) is 4.66. The Balaban J connectivity index is 1.81. The van der Waals surface area contributed by atoms with E-state index in [2.05, 4.69) is 10.4 Å². The van der Waals surface area contributed by atoms with Crippen molar-refractivity contribution in [2.45, 2.75) is 25.8 Å². The van der Waals surface area contributed by atoms with Crippen LogP contribution in [0.4, 0.5) is 8.78 Å². The minimum absolute atomic E-state index is 0.0464. The van der Waals surface area contributed by atoms with Gasteiger partial charge in [0, 0.05) is 41.5 Å². The Morgan fingerprint density at radius 3 is 2.80 bits per heavy atom. The van der Waals surface area contributed by atoms with Gasteiger partial charge < -0.3 is 11.1 Å². The van der Waals surface area contributed by atoms with Crippen LogP contribution >= 0.6 is 23.8 Å². The summed E-state index contributed by atoms with van der Waals surface area (Å²) in [5.74, 6) is -1.57. The minimum Gasteiger partial charge on any atom is -0.348 e. The third-order valence-electron chi connectivity index (χ3n) is 4.94. The lowest BCUT2D eigenvalue weighted by Crippen LogP contribution is -2.43. The molecule has 0 saturated carbocycles. The Hall–Kier alpha value is -2.42.